The van der Waals surface area contributed by atoms with Gasteiger partial charge in [0, 0.05) is 25.9 Å². The average molecular weight is 485 g/mol. The second-order valence-corrected chi connectivity index (χ2v) is 11.0. The van der Waals surface area contributed by atoms with Crippen molar-refractivity contribution in [3.63, 3.8) is 0 Å². The van der Waals surface area contributed by atoms with Crippen LogP contribution in [-0.2, 0) is 9.53 Å². The third kappa shape index (κ3) is 4.46. The van der Waals surface area contributed by atoms with Crippen molar-refractivity contribution in [2.75, 3.05) is 31.1 Å². The summed E-state index contributed by atoms with van der Waals surface area (Å²) >= 11 is 6.76. The second-order valence-electron chi connectivity index (χ2n) is 9.36. The number of rotatable bonds is 4. The number of aromatic nitrogens is 2. The van der Waals surface area contributed by atoms with Gasteiger partial charge in [0.1, 0.15) is 15.8 Å². The highest BCUT2D eigenvalue weighted by Crippen LogP contribution is 2.35. The van der Waals surface area contributed by atoms with E-state index in [2.05, 4.69) is 18.7 Å². The van der Waals surface area contributed by atoms with E-state index in [-0.39, 0.29) is 17.6 Å². The van der Waals surface area contributed by atoms with Crippen LogP contribution in [0.15, 0.2) is 34.1 Å². The molecule has 2 aromatic heterocycles. The Bertz CT molecular complexity index is 1180. The molecule has 3 aliphatic heterocycles. The van der Waals surface area contributed by atoms with E-state index in [1.165, 1.54) is 11.8 Å². The summed E-state index contributed by atoms with van der Waals surface area (Å²) < 4.78 is 7.75. The lowest BCUT2D eigenvalue weighted by atomic mass is 9.91. The van der Waals surface area contributed by atoms with Crippen molar-refractivity contribution in [2.24, 2.45) is 11.8 Å². The largest absolute Gasteiger partial charge is 0.376 e. The van der Waals surface area contributed by atoms with Crippen LogP contribution in [0.3, 0.4) is 0 Å². The molecule has 7 nitrogen and oxygen atoms in total. The Morgan fingerprint density at radius 2 is 2.03 bits per heavy atom. The molecule has 0 radical (unpaired) electrons. The monoisotopic (exact) mass is 484 g/mol. The van der Waals surface area contributed by atoms with E-state index in [1.807, 2.05) is 18.2 Å². The van der Waals surface area contributed by atoms with E-state index in [0.29, 0.717) is 44.6 Å². The average Bonchev–Trinajstić information content (AvgIpc) is 3.39. The molecule has 5 heterocycles. The van der Waals surface area contributed by atoms with Gasteiger partial charge in [-0.25, -0.2) is 4.98 Å². The van der Waals surface area contributed by atoms with Crippen LogP contribution in [0.4, 0.5) is 5.82 Å². The lowest BCUT2D eigenvalue weighted by Crippen LogP contribution is -2.40. The van der Waals surface area contributed by atoms with Gasteiger partial charge >= 0.3 is 0 Å². The standard InChI is InChI=1S/C24H28N4O3S2/c1-15-10-16(2)13-26(12-15)21-18(22(29)27-8-4-3-7-20(27)25-21)11-19-23(30)28(24(32)33-19)14-17-6-5-9-31-17/h3-4,7-8,11,15-17H,5-6,9-10,12-14H2,1-2H3/b19-11-/t15-,16-,17+/m1/s1. The van der Waals surface area contributed by atoms with Crippen molar-refractivity contribution in [1.29, 1.82) is 0 Å². The maximum absolute atomic E-state index is 13.6. The number of hydrogen-bond acceptors (Lipinski definition) is 7. The molecule has 3 aliphatic rings. The first-order valence-electron chi connectivity index (χ1n) is 11.5. The Kier molecular flexibility index (Phi) is 6.28. The summed E-state index contributed by atoms with van der Waals surface area (Å²) in [6, 6.07) is 5.53. The molecule has 33 heavy (non-hydrogen) atoms. The third-order valence-corrected chi connectivity index (χ3v) is 7.85. The molecule has 3 fully saturated rings. The molecule has 3 saturated heterocycles. The van der Waals surface area contributed by atoms with Crippen LogP contribution in [0.2, 0.25) is 0 Å². The molecule has 0 N–H and O–H groups in total. The number of pyridine rings is 1. The minimum absolute atomic E-state index is 0.0201. The van der Waals surface area contributed by atoms with Crippen molar-refractivity contribution in [3.8, 4) is 0 Å². The van der Waals surface area contributed by atoms with Gasteiger partial charge in [-0.3, -0.25) is 18.9 Å². The van der Waals surface area contributed by atoms with Crippen LogP contribution in [0.5, 0.6) is 0 Å². The van der Waals surface area contributed by atoms with E-state index >= 15 is 0 Å². The first kappa shape index (κ1) is 22.6. The number of amides is 1. The zero-order chi connectivity index (χ0) is 23.1. The van der Waals surface area contributed by atoms with Gasteiger partial charge in [-0.1, -0.05) is 43.9 Å². The lowest BCUT2D eigenvalue weighted by Gasteiger charge is -2.36. The number of hydrogen-bond donors (Lipinski definition) is 0. The summed E-state index contributed by atoms with van der Waals surface area (Å²) in [7, 11) is 0. The molecule has 2 aromatic rings. The highest BCUT2D eigenvalue weighted by Gasteiger charge is 2.35. The molecule has 5 rings (SSSR count). The Labute approximate surface area is 202 Å². The fraction of sp³-hybridized carbons (Fsp3) is 0.500. The minimum Gasteiger partial charge on any atom is -0.376 e. The number of piperidine rings is 1. The Morgan fingerprint density at radius 1 is 1.24 bits per heavy atom. The number of carbonyl (C=O) groups is 1. The van der Waals surface area contributed by atoms with Crippen molar-refractivity contribution in [2.45, 2.75) is 39.2 Å². The van der Waals surface area contributed by atoms with Crippen LogP contribution >= 0.6 is 24.0 Å². The zero-order valence-corrected chi connectivity index (χ0v) is 20.5. The van der Waals surface area contributed by atoms with Crippen LogP contribution < -0.4 is 10.5 Å². The summed E-state index contributed by atoms with van der Waals surface area (Å²) in [5.74, 6) is 1.49. The topological polar surface area (TPSA) is 67.2 Å². The molecule has 0 bridgehead atoms. The summed E-state index contributed by atoms with van der Waals surface area (Å²) in [5, 5.41) is 0. The predicted octanol–water partition coefficient (Wildman–Crippen LogP) is 3.56. The van der Waals surface area contributed by atoms with E-state index in [9.17, 15) is 9.59 Å². The molecule has 3 atom stereocenters. The van der Waals surface area contributed by atoms with Crippen molar-refractivity contribution >= 4 is 51.7 Å². The van der Waals surface area contributed by atoms with E-state index in [0.717, 1.165) is 39.0 Å². The van der Waals surface area contributed by atoms with Gasteiger partial charge in [-0.05, 0) is 49.3 Å². The van der Waals surface area contributed by atoms with Crippen LogP contribution in [0, 0.1) is 11.8 Å². The van der Waals surface area contributed by atoms with E-state index in [4.69, 9.17) is 21.9 Å². The number of nitrogens with zero attached hydrogens (tertiary/aromatic N) is 4. The normalized spacial score (nSPS) is 27.3. The maximum atomic E-state index is 13.6. The maximum Gasteiger partial charge on any atom is 0.267 e. The molecular weight excluding hydrogens is 456 g/mol. The van der Waals surface area contributed by atoms with Crippen molar-refractivity contribution in [1.82, 2.24) is 14.3 Å². The molecule has 0 aliphatic carbocycles. The molecule has 0 saturated carbocycles. The number of fused-ring (bicyclic) bond motifs is 1. The van der Waals surface area contributed by atoms with Crippen molar-refractivity contribution < 1.29 is 9.53 Å². The van der Waals surface area contributed by atoms with E-state index < -0.39 is 0 Å². The molecule has 0 unspecified atom stereocenters. The summed E-state index contributed by atoms with van der Waals surface area (Å²) in [6.45, 7) is 7.32. The first-order chi connectivity index (χ1) is 15.9. The number of thioether (sulfide) groups is 1. The summed E-state index contributed by atoms with van der Waals surface area (Å²) in [5.41, 5.74) is 0.870. The van der Waals surface area contributed by atoms with Gasteiger partial charge in [0.15, 0.2) is 0 Å². The van der Waals surface area contributed by atoms with Crippen LogP contribution in [0.25, 0.3) is 11.7 Å². The Morgan fingerprint density at radius 3 is 2.76 bits per heavy atom. The van der Waals surface area contributed by atoms with Gasteiger partial charge in [-0.2, -0.15) is 0 Å². The predicted molar refractivity (Wildman–Crippen MR) is 135 cm³/mol. The Balaban J connectivity index is 1.56. The third-order valence-electron chi connectivity index (χ3n) is 6.48. The zero-order valence-electron chi connectivity index (χ0n) is 18.9. The van der Waals surface area contributed by atoms with Crippen molar-refractivity contribution in [3.05, 3.63) is 45.2 Å². The molecule has 9 heteroatoms. The first-order valence-corrected chi connectivity index (χ1v) is 12.8. The number of thiocarbonyl (C=S) groups is 1. The number of carbonyl (C=O) groups excluding carboxylic acids is 1. The van der Waals surface area contributed by atoms with Gasteiger partial charge in [0.2, 0.25) is 0 Å². The highest BCUT2D eigenvalue weighted by molar-refractivity contribution is 8.26. The lowest BCUT2D eigenvalue weighted by molar-refractivity contribution is -0.123. The quantitative estimate of drug-likeness (QED) is 0.486. The van der Waals surface area contributed by atoms with E-state index in [1.54, 1.807) is 21.6 Å². The molecule has 0 aromatic carbocycles. The molecular formula is C24H28N4O3S2. The van der Waals surface area contributed by atoms with Gasteiger partial charge in [0.25, 0.3) is 11.5 Å². The number of anilines is 1. The smallest absolute Gasteiger partial charge is 0.267 e. The molecule has 0 spiro atoms. The van der Waals surface area contributed by atoms with Crippen LogP contribution in [0.1, 0.15) is 38.7 Å². The highest BCUT2D eigenvalue weighted by atomic mass is 32.2. The minimum atomic E-state index is -0.175. The van der Waals surface area contributed by atoms with Gasteiger partial charge in [0.05, 0.1) is 23.1 Å². The van der Waals surface area contributed by atoms with Crippen LogP contribution in [-0.4, -0.2) is 56.9 Å². The summed E-state index contributed by atoms with van der Waals surface area (Å²) in [6.07, 6.45) is 6.53. The Hall–Kier alpha value is -2.23. The fourth-order valence-electron chi connectivity index (χ4n) is 5.07. The SMILES string of the molecule is C[C@@H]1C[C@@H](C)CN(c2nc3ccccn3c(=O)c2/C=C2\SC(=S)N(C[C@@H]3CCCO3)C2=O)C1. The molecule has 174 valence electrons. The number of ether oxygens (including phenoxy) is 1. The molecule has 1 amide bonds. The second kappa shape index (κ2) is 9.19. The van der Waals surface area contributed by atoms with Gasteiger partial charge < -0.3 is 9.64 Å². The fourth-order valence-corrected chi connectivity index (χ4v) is 6.33. The summed E-state index contributed by atoms with van der Waals surface area (Å²) in [4.78, 5) is 35.9. The van der Waals surface area contributed by atoms with Gasteiger partial charge in [-0.15, -0.1) is 0 Å².